The van der Waals surface area contributed by atoms with Crippen molar-refractivity contribution in [1.82, 2.24) is 0 Å². The first kappa shape index (κ1) is 18.8. The summed E-state index contributed by atoms with van der Waals surface area (Å²) in [7, 11) is -4.25. The van der Waals surface area contributed by atoms with Crippen LogP contribution in [0.1, 0.15) is 19.8 Å². The zero-order valence-corrected chi connectivity index (χ0v) is 12.4. The molecule has 1 unspecified atom stereocenters. The van der Waals surface area contributed by atoms with Crippen molar-refractivity contribution in [3.8, 4) is 0 Å². The number of rotatable bonds is 3. The monoisotopic (exact) mass is 328 g/mol. The molecule has 0 amide bonds. The molecule has 0 aliphatic heterocycles. The minimum atomic E-state index is -4.79. The van der Waals surface area contributed by atoms with Crippen LogP contribution in [0.2, 0.25) is 0 Å². The molecule has 116 valence electrons. The maximum absolute atomic E-state index is 12.9. The fraction of sp³-hybridized carbons (Fsp3) is 0.308. The molecular formula is C13H12F3LiO4S. The number of halogens is 3. The number of benzene rings is 1. The molecule has 1 N–H and O–H groups in total. The van der Waals surface area contributed by atoms with Gasteiger partial charge in [0.1, 0.15) is 0 Å². The molecule has 1 atom stereocenters. The van der Waals surface area contributed by atoms with Crippen LogP contribution >= 0.6 is 0 Å². The van der Waals surface area contributed by atoms with Gasteiger partial charge in [-0.25, -0.2) is 13.2 Å². The number of allylic oxidation sites excluding steroid dienone is 1. The van der Waals surface area contributed by atoms with Crippen LogP contribution in [0.3, 0.4) is 0 Å². The maximum atomic E-state index is 12.9. The van der Waals surface area contributed by atoms with E-state index in [4.69, 9.17) is 5.11 Å². The third-order valence-corrected chi connectivity index (χ3v) is 5.49. The Balaban J connectivity index is 0.00000242. The fourth-order valence-corrected chi connectivity index (χ4v) is 4.09. The predicted molar refractivity (Wildman–Crippen MR) is 68.5 cm³/mol. The Hall–Kier alpha value is -1.23. The van der Waals surface area contributed by atoms with Gasteiger partial charge in [0.15, 0.2) is 9.84 Å². The number of aliphatic carboxylic acids is 1. The van der Waals surface area contributed by atoms with E-state index in [9.17, 15) is 26.4 Å². The van der Waals surface area contributed by atoms with Gasteiger partial charge >= 0.3 is 31.0 Å². The van der Waals surface area contributed by atoms with Crippen molar-refractivity contribution in [3.63, 3.8) is 0 Å². The standard InChI is InChI=1S/C13H11F3O4S.Li.H/c14-13(15,16)10-3-1-2-4-11(10)21(19,20)9-6-5-8(7-9)12(17)18;;/h1-5,9H,6-7H2,(H,17,18);;/q;+1;-1. The molecule has 0 saturated carbocycles. The van der Waals surface area contributed by atoms with Crippen LogP contribution < -0.4 is 18.9 Å². The Morgan fingerprint density at radius 1 is 1.27 bits per heavy atom. The van der Waals surface area contributed by atoms with Gasteiger partial charge in [-0.15, -0.1) is 0 Å². The van der Waals surface area contributed by atoms with E-state index in [1.54, 1.807) is 0 Å². The Morgan fingerprint density at radius 2 is 1.86 bits per heavy atom. The maximum Gasteiger partial charge on any atom is 1.00 e. The van der Waals surface area contributed by atoms with E-state index in [1.165, 1.54) is 12.1 Å². The molecule has 2 rings (SSSR count). The average molecular weight is 328 g/mol. The largest absolute Gasteiger partial charge is 1.00 e. The van der Waals surface area contributed by atoms with Crippen molar-refractivity contribution in [2.45, 2.75) is 29.2 Å². The van der Waals surface area contributed by atoms with Crippen molar-refractivity contribution in [2.24, 2.45) is 0 Å². The topological polar surface area (TPSA) is 71.4 Å². The first-order valence-electron chi connectivity index (χ1n) is 5.96. The molecule has 22 heavy (non-hydrogen) atoms. The summed E-state index contributed by atoms with van der Waals surface area (Å²) in [5.74, 6) is -1.25. The zero-order chi connectivity index (χ0) is 15.8. The number of hydrogen-bond acceptors (Lipinski definition) is 3. The Kier molecular flexibility index (Phi) is 5.55. The van der Waals surface area contributed by atoms with Gasteiger partial charge in [-0.05, 0) is 25.0 Å². The zero-order valence-electron chi connectivity index (χ0n) is 12.6. The molecule has 1 aliphatic carbocycles. The Labute approximate surface area is 138 Å². The summed E-state index contributed by atoms with van der Waals surface area (Å²) in [5, 5.41) is 7.63. The van der Waals surface area contributed by atoms with E-state index in [2.05, 4.69) is 0 Å². The molecule has 9 heteroatoms. The van der Waals surface area contributed by atoms with Crippen molar-refractivity contribution < 1.29 is 51.8 Å². The van der Waals surface area contributed by atoms with E-state index in [1.807, 2.05) is 0 Å². The number of carboxylic acid groups (broad SMARTS) is 1. The molecule has 4 nitrogen and oxygen atoms in total. The molecule has 0 heterocycles. The van der Waals surface area contributed by atoms with Gasteiger partial charge in [-0.1, -0.05) is 18.2 Å². The number of hydrogen-bond donors (Lipinski definition) is 1. The summed E-state index contributed by atoms with van der Waals surface area (Å²) < 4.78 is 63.4. The number of alkyl halides is 3. The minimum Gasteiger partial charge on any atom is -1.00 e. The molecule has 1 aromatic rings. The second kappa shape index (κ2) is 6.48. The summed E-state index contributed by atoms with van der Waals surface area (Å²) in [6.07, 6.45) is -3.94. The molecule has 0 bridgehead atoms. The molecule has 1 aliphatic rings. The van der Waals surface area contributed by atoms with E-state index in [-0.39, 0.29) is 38.7 Å². The van der Waals surface area contributed by atoms with Crippen LogP contribution in [0.5, 0.6) is 0 Å². The molecule has 0 fully saturated rings. The quantitative estimate of drug-likeness (QED) is 0.778. The van der Waals surface area contributed by atoms with Crippen LogP contribution in [-0.2, 0) is 20.8 Å². The summed E-state index contributed by atoms with van der Waals surface area (Å²) >= 11 is 0. The van der Waals surface area contributed by atoms with Gasteiger partial charge in [0.25, 0.3) is 0 Å². The van der Waals surface area contributed by atoms with Gasteiger partial charge < -0.3 is 6.53 Å². The second-order valence-electron chi connectivity index (χ2n) is 4.64. The summed E-state index contributed by atoms with van der Waals surface area (Å²) in [5.41, 5.74) is -1.32. The van der Waals surface area contributed by atoms with E-state index in [0.717, 1.165) is 12.1 Å². The minimum absolute atomic E-state index is 0. The third-order valence-electron chi connectivity index (χ3n) is 3.29. The molecule has 1 aromatic carbocycles. The average Bonchev–Trinajstić information content (AvgIpc) is 2.88. The Bertz CT molecular complexity index is 716. The SMILES string of the molecule is O=C(O)C1=CCC(S(=O)(=O)c2ccccc2C(F)(F)F)C1.[H-].[Li+]. The van der Waals surface area contributed by atoms with Gasteiger partial charge in [0, 0.05) is 5.57 Å². The second-order valence-corrected chi connectivity index (χ2v) is 6.83. The normalized spacial score (nSPS) is 18.5. The van der Waals surface area contributed by atoms with Crippen LogP contribution in [-0.4, -0.2) is 24.7 Å². The molecule has 0 saturated heterocycles. The van der Waals surface area contributed by atoms with E-state index in [0.29, 0.717) is 6.07 Å². The summed E-state index contributed by atoms with van der Waals surface area (Å²) in [6.45, 7) is 0. The number of sulfone groups is 1. The van der Waals surface area contributed by atoms with Gasteiger partial charge in [-0.3, -0.25) is 0 Å². The van der Waals surface area contributed by atoms with Crippen molar-refractivity contribution >= 4 is 15.8 Å². The molecule has 0 radical (unpaired) electrons. The van der Waals surface area contributed by atoms with Crippen molar-refractivity contribution in [3.05, 3.63) is 41.5 Å². The van der Waals surface area contributed by atoms with Crippen molar-refractivity contribution in [1.29, 1.82) is 0 Å². The van der Waals surface area contributed by atoms with Gasteiger partial charge in [-0.2, -0.15) is 13.2 Å². The number of carbonyl (C=O) groups is 1. The molecule has 0 spiro atoms. The molecular weight excluding hydrogens is 316 g/mol. The van der Waals surface area contributed by atoms with Gasteiger partial charge in [0.2, 0.25) is 0 Å². The molecule has 0 aromatic heterocycles. The van der Waals surface area contributed by atoms with Crippen LogP contribution in [0.15, 0.2) is 40.8 Å². The Morgan fingerprint density at radius 3 is 2.36 bits per heavy atom. The smallest absolute Gasteiger partial charge is 1.00 e. The number of carboxylic acids is 1. The summed E-state index contributed by atoms with van der Waals surface area (Å²) in [6, 6.07) is 3.92. The third kappa shape index (κ3) is 3.56. The van der Waals surface area contributed by atoms with E-state index >= 15 is 0 Å². The van der Waals surface area contributed by atoms with Gasteiger partial charge in [0.05, 0.1) is 15.7 Å². The fourth-order valence-electron chi connectivity index (χ4n) is 2.23. The van der Waals surface area contributed by atoms with Crippen LogP contribution in [0.25, 0.3) is 0 Å². The van der Waals surface area contributed by atoms with Crippen molar-refractivity contribution in [2.75, 3.05) is 0 Å². The summed E-state index contributed by atoms with van der Waals surface area (Å²) in [4.78, 5) is 9.99. The first-order chi connectivity index (χ1) is 9.64. The van der Waals surface area contributed by atoms with Crippen LogP contribution in [0.4, 0.5) is 13.2 Å². The van der Waals surface area contributed by atoms with E-state index < -0.39 is 37.7 Å². The predicted octanol–water partition coefficient (Wildman–Crippen LogP) is -0.231. The first-order valence-corrected chi connectivity index (χ1v) is 7.51. The van der Waals surface area contributed by atoms with Crippen LogP contribution in [0, 0.1) is 0 Å².